The van der Waals surface area contributed by atoms with E-state index in [1.165, 1.54) is 0 Å². The minimum absolute atomic E-state index is 0.0238. The first-order chi connectivity index (χ1) is 16.6. The van der Waals surface area contributed by atoms with Crippen LogP contribution < -0.4 is 20.3 Å². The molecule has 1 saturated heterocycles. The Kier molecular flexibility index (Phi) is 7.76. The molecule has 0 bridgehead atoms. The molecule has 0 saturated carbocycles. The van der Waals surface area contributed by atoms with Crippen molar-refractivity contribution in [1.82, 2.24) is 20.3 Å². The number of aromatic nitrogens is 3. The number of anilines is 2. The molecule has 1 aromatic carbocycles. The van der Waals surface area contributed by atoms with Crippen molar-refractivity contribution in [2.45, 2.75) is 32.0 Å². The van der Waals surface area contributed by atoms with Gasteiger partial charge in [0.1, 0.15) is 23.2 Å². The van der Waals surface area contributed by atoms with E-state index in [4.69, 9.17) is 21.3 Å². The number of benzene rings is 1. The SMILES string of the molecule is COc1ccc(CNc2nc(N3CCCC3CO)ccc2C(=O)NCc2ncccn2)cc1Cl. The van der Waals surface area contributed by atoms with Gasteiger partial charge in [-0.3, -0.25) is 4.79 Å². The third-order valence-corrected chi connectivity index (χ3v) is 6.01. The highest BCUT2D eigenvalue weighted by atomic mass is 35.5. The molecule has 0 spiro atoms. The molecule has 1 aliphatic heterocycles. The van der Waals surface area contributed by atoms with Crippen LogP contribution in [0, 0.1) is 0 Å². The average Bonchev–Trinajstić information content (AvgIpc) is 3.35. The summed E-state index contributed by atoms with van der Waals surface area (Å²) in [7, 11) is 1.57. The number of nitrogens with one attached hydrogen (secondary N) is 2. The molecule has 34 heavy (non-hydrogen) atoms. The van der Waals surface area contributed by atoms with E-state index in [0.29, 0.717) is 34.5 Å². The number of hydrogen-bond acceptors (Lipinski definition) is 8. The second kappa shape index (κ2) is 11.1. The lowest BCUT2D eigenvalue weighted by molar-refractivity contribution is 0.0950. The Morgan fingerprint density at radius 2 is 2.06 bits per heavy atom. The number of ether oxygens (including phenoxy) is 1. The Morgan fingerprint density at radius 3 is 2.79 bits per heavy atom. The van der Waals surface area contributed by atoms with Crippen LogP contribution in [0.3, 0.4) is 0 Å². The lowest BCUT2D eigenvalue weighted by Crippen LogP contribution is -2.33. The number of amides is 1. The van der Waals surface area contributed by atoms with Gasteiger partial charge in [0.15, 0.2) is 0 Å². The van der Waals surface area contributed by atoms with Crippen LogP contribution in [0.15, 0.2) is 48.8 Å². The van der Waals surface area contributed by atoms with Crippen LogP contribution in [0.5, 0.6) is 5.75 Å². The van der Waals surface area contributed by atoms with Crippen LogP contribution in [-0.2, 0) is 13.1 Å². The van der Waals surface area contributed by atoms with Crippen LogP contribution in [-0.4, -0.2) is 52.3 Å². The number of halogens is 1. The van der Waals surface area contributed by atoms with Gasteiger partial charge in [0, 0.05) is 25.5 Å². The monoisotopic (exact) mass is 482 g/mol. The molecule has 3 heterocycles. The van der Waals surface area contributed by atoms with Crippen molar-refractivity contribution >= 4 is 29.1 Å². The Balaban J connectivity index is 1.56. The number of methoxy groups -OCH3 is 1. The second-order valence-corrected chi connectivity index (χ2v) is 8.31. The van der Waals surface area contributed by atoms with E-state index in [1.54, 1.807) is 37.7 Å². The summed E-state index contributed by atoms with van der Waals surface area (Å²) in [5, 5.41) is 16.4. The number of rotatable bonds is 9. The fourth-order valence-electron chi connectivity index (χ4n) is 3.94. The number of hydrogen-bond donors (Lipinski definition) is 3. The van der Waals surface area contributed by atoms with Crippen LogP contribution in [0.4, 0.5) is 11.6 Å². The second-order valence-electron chi connectivity index (χ2n) is 7.91. The van der Waals surface area contributed by atoms with Crippen molar-refractivity contribution in [2.24, 2.45) is 0 Å². The third kappa shape index (κ3) is 5.55. The van der Waals surface area contributed by atoms with E-state index in [1.807, 2.05) is 18.2 Å². The number of aliphatic hydroxyl groups is 1. The summed E-state index contributed by atoms with van der Waals surface area (Å²) in [4.78, 5) is 28.1. The van der Waals surface area contributed by atoms with Crippen LogP contribution >= 0.6 is 11.6 Å². The molecule has 1 fully saturated rings. The predicted molar refractivity (Wildman–Crippen MR) is 130 cm³/mol. The number of nitrogens with zero attached hydrogens (tertiary/aromatic N) is 4. The molecule has 1 aliphatic rings. The third-order valence-electron chi connectivity index (χ3n) is 5.71. The minimum Gasteiger partial charge on any atom is -0.495 e. The molecule has 2 aromatic heterocycles. The standard InChI is InChI=1S/C24H27ClN6O3/c1-34-20-7-5-16(12-19(20)25)13-28-23-18(24(33)29-14-21-26-9-3-10-27-21)6-8-22(30-23)31-11-2-4-17(31)15-32/h3,5-10,12,17,32H,2,4,11,13-15H2,1H3,(H,28,30)(H,29,33). The molecule has 4 rings (SSSR count). The lowest BCUT2D eigenvalue weighted by Gasteiger charge is -2.25. The summed E-state index contributed by atoms with van der Waals surface area (Å²) < 4.78 is 5.22. The molecule has 1 unspecified atom stereocenters. The van der Waals surface area contributed by atoms with Gasteiger partial charge in [0.2, 0.25) is 0 Å². The summed E-state index contributed by atoms with van der Waals surface area (Å²) in [5.74, 6) is 1.99. The summed E-state index contributed by atoms with van der Waals surface area (Å²) in [6.45, 7) is 1.48. The summed E-state index contributed by atoms with van der Waals surface area (Å²) in [5.41, 5.74) is 1.32. The van der Waals surface area contributed by atoms with Crippen molar-refractivity contribution in [3.8, 4) is 5.75 Å². The molecule has 9 nitrogen and oxygen atoms in total. The largest absolute Gasteiger partial charge is 0.495 e. The topological polar surface area (TPSA) is 112 Å². The van der Waals surface area contributed by atoms with E-state index in [2.05, 4.69) is 25.5 Å². The number of carbonyl (C=O) groups is 1. The smallest absolute Gasteiger partial charge is 0.255 e. The quantitative estimate of drug-likeness (QED) is 0.426. The highest BCUT2D eigenvalue weighted by molar-refractivity contribution is 6.32. The van der Waals surface area contributed by atoms with Gasteiger partial charge >= 0.3 is 0 Å². The molecule has 3 N–H and O–H groups in total. The van der Waals surface area contributed by atoms with Gasteiger partial charge in [-0.2, -0.15) is 0 Å². The first-order valence-corrected chi connectivity index (χ1v) is 11.5. The molecule has 1 amide bonds. The predicted octanol–water partition coefficient (Wildman–Crippen LogP) is 3.04. The zero-order valence-corrected chi connectivity index (χ0v) is 19.6. The fourth-order valence-corrected chi connectivity index (χ4v) is 4.22. The van der Waals surface area contributed by atoms with E-state index in [0.717, 1.165) is 30.8 Å². The van der Waals surface area contributed by atoms with E-state index in [9.17, 15) is 9.90 Å². The average molecular weight is 483 g/mol. The van der Waals surface area contributed by atoms with Gasteiger partial charge in [-0.15, -0.1) is 0 Å². The molecule has 178 valence electrons. The van der Waals surface area contributed by atoms with Gasteiger partial charge in [0.05, 0.1) is 36.9 Å². The normalized spacial score (nSPS) is 15.3. The van der Waals surface area contributed by atoms with Crippen LogP contribution in [0.2, 0.25) is 5.02 Å². The Labute approximate surface area is 203 Å². The van der Waals surface area contributed by atoms with E-state index >= 15 is 0 Å². The van der Waals surface area contributed by atoms with Crippen molar-refractivity contribution in [1.29, 1.82) is 0 Å². The van der Waals surface area contributed by atoms with Gasteiger partial charge in [-0.1, -0.05) is 17.7 Å². The molecular weight excluding hydrogens is 456 g/mol. The molecule has 10 heteroatoms. The summed E-state index contributed by atoms with van der Waals surface area (Å²) >= 11 is 6.26. The van der Waals surface area contributed by atoms with Crippen LogP contribution in [0.1, 0.15) is 34.6 Å². The Bertz CT molecular complexity index is 1130. The Morgan fingerprint density at radius 1 is 1.24 bits per heavy atom. The first kappa shape index (κ1) is 23.7. The number of carbonyl (C=O) groups excluding carboxylic acids is 1. The zero-order chi connectivity index (χ0) is 23.9. The zero-order valence-electron chi connectivity index (χ0n) is 18.9. The van der Waals surface area contributed by atoms with Crippen molar-refractivity contribution in [3.05, 3.63) is 70.8 Å². The van der Waals surface area contributed by atoms with Crippen molar-refractivity contribution < 1.29 is 14.6 Å². The number of pyridine rings is 1. The summed E-state index contributed by atoms with van der Waals surface area (Å²) in [6.07, 6.45) is 5.15. The van der Waals surface area contributed by atoms with Gasteiger partial charge < -0.3 is 25.4 Å². The molecular formula is C24H27ClN6O3. The van der Waals surface area contributed by atoms with Gasteiger partial charge in [-0.05, 0) is 48.7 Å². The highest BCUT2D eigenvalue weighted by Crippen LogP contribution is 2.28. The highest BCUT2D eigenvalue weighted by Gasteiger charge is 2.26. The van der Waals surface area contributed by atoms with E-state index in [-0.39, 0.29) is 25.1 Å². The fraction of sp³-hybridized carbons (Fsp3) is 0.333. The lowest BCUT2D eigenvalue weighted by atomic mass is 10.2. The van der Waals surface area contributed by atoms with Crippen LogP contribution in [0.25, 0.3) is 0 Å². The van der Waals surface area contributed by atoms with Crippen molar-refractivity contribution in [3.63, 3.8) is 0 Å². The van der Waals surface area contributed by atoms with Crippen molar-refractivity contribution in [2.75, 3.05) is 30.5 Å². The van der Waals surface area contributed by atoms with Gasteiger partial charge in [0.25, 0.3) is 5.91 Å². The molecule has 1 atom stereocenters. The molecule has 3 aromatic rings. The maximum atomic E-state index is 13.0. The Hall–Kier alpha value is -3.43. The number of aliphatic hydroxyl groups excluding tert-OH is 1. The first-order valence-electron chi connectivity index (χ1n) is 11.1. The maximum Gasteiger partial charge on any atom is 0.255 e. The molecule has 0 radical (unpaired) electrons. The van der Waals surface area contributed by atoms with E-state index < -0.39 is 0 Å². The summed E-state index contributed by atoms with van der Waals surface area (Å²) in [6, 6.07) is 10.8. The van der Waals surface area contributed by atoms with Gasteiger partial charge in [-0.25, -0.2) is 15.0 Å². The minimum atomic E-state index is -0.290. The molecule has 0 aliphatic carbocycles. The maximum absolute atomic E-state index is 13.0.